The zero-order chi connectivity index (χ0) is 11.6. The summed E-state index contributed by atoms with van der Waals surface area (Å²) >= 11 is 0. The predicted octanol–water partition coefficient (Wildman–Crippen LogP) is 3.66. The van der Waals surface area contributed by atoms with Crippen molar-refractivity contribution in [2.24, 2.45) is 0 Å². The average Bonchev–Trinajstić information content (AvgIpc) is 2.00. The summed E-state index contributed by atoms with van der Waals surface area (Å²) in [5.74, 6) is -9.28. The molecule has 0 aliphatic carbocycles. The number of hydrogen-bond acceptors (Lipinski definition) is 0. The Labute approximate surface area is 76.1 Å². The van der Waals surface area contributed by atoms with Gasteiger partial charge in [0, 0.05) is 0 Å². The minimum atomic E-state index is -4.86. The van der Waals surface area contributed by atoms with Crippen molar-refractivity contribution in [3.63, 3.8) is 0 Å². The second kappa shape index (κ2) is 4.35. The molecule has 0 saturated carbocycles. The van der Waals surface area contributed by atoms with Gasteiger partial charge in [0.25, 0.3) is 5.92 Å². The van der Waals surface area contributed by atoms with Crippen LogP contribution in [0.1, 0.15) is 19.8 Å². The van der Waals surface area contributed by atoms with Gasteiger partial charge >= 0.3 is 12.3 Å². The highest BCUT2D eigenvalue weighted by Crippen LogP contribution is 2.38. The van der Waals surface area contributed by atoms with Gasteiger partial charge in [-0.2, -0.15) is 0 Å². The largest absolute Gasteiger partial charge is 0.313 e. The van der Waals surface area contributed by atoms with Gasteiger partial charge in [-0.15, -0.1) is 0 Å². The monoisotopic (exact) mass is 226 g/mol. The summed E-state index contributed by atoms with van der Waals surface area (Å²) in [7, 11) is 0. The van der Waals surface area contributed by atoms with E-state index in [4.69, 9.17) is 0 Å². The first-order valence-corrected chi connectivity index (χ1v) is 3.81. The first-order chi connectivity index (χ1) is 6.13. The van der Waals surface area contributed by atoms with Crippen molar-refractivity contribution >= 4 is 0 Å². The summed E-state index contributed by atoms with van der Waals surface area (Å²) in [6, 6.07) is 0. The zero-order valence-corrected chi connectivity index (χ0v) is 7.21. The molecular formula is C7H9F7. The van der Waals surface area contributed by atoms with Crippen LogP contribution in [0.3, 0.4) is 0 Å². The summed E-state index contributed by atoms with van der Waals surface area (Å²) in [5.41, 5.74) is 0. The average molecular weight is 226 g/mol. The first kappa shape index (κ1) is 13.5. The standard InChI is InChI=1S/C7H9F7/c1-2-4(8)6(11,12)3-7(13,14)5(9)10/h4-5H,2-3H2,1H3/t4-/m0/s1. The maximum absolute atomic E-state index is 12.5. The Morgan fingerprint density at radius 1 is 0.929 bits per heavy atom. The van der Waals surface area contributed by atoms with Crippen LogP contribution in [0, 0.1) is 0 Å². The molecule has 0 nitrogen and oxygen atoms in total. The molecule has 0 bridgehead atoms. The van der Waals surface area contributed by atoms with E-state index < -0.39 is 37.3 Å². The van der Waals surface area contributed by atoms with Crippen LogP contribution in [0.4, 0.5) is 30.7 Å². The summed E-state index contributed by atoms with van der Waals surface area (Å²) in [5, 5.41) is 0. The zero-order valence-electron chi connectivity index (χ0n) is 7.21. The molecule has 0 aromatic heterocycles. The van der Waals surface area contributed by atoms with Crippen LogP contribution in [-0.4, -0.2) is 24.4 Å². The number of halogens is 7. The molecule has 0 amide bonds. The van der Waals surface area contributed by atoms with Crippen LogP contribution in [-0.2, 0) is 0 Å². The normalized spacial score (nSPS) is 16.1. The predicted molar refractivity (Wildman–Crippen MR) is 35.7 cm³/mol. The van der Waals surface area contributed by atoms with Crippen LogP contribution in [0.2, 0.25) is 0 Å². The Hall–Kier alpha value is -0.490. The molecule has 0 radical (unpaired) electrons. The van der Waals surface area contributed by atoms with E-state index in [2.05, 4.69) is 0 Å². The van der Waals surface area contributed by atoms with Crippen molar-refractivity contribution in [3.8, 4) is 0 Å². The minimum Gasteiger partial charge on any atom is -0.241 e. The molecule has 7 heteroatoms. The van der Waals surface area contributed by atoms with Gasteiger partial charge in [0.2, 0.25) is 0 Å². The van der Waals surface area contributed by atoms with E-state index in [1.807, 2.05) is 0 Å². The van der Waals surface area contributed by atoms with Crippen molar-refractivity contribution in [1.82, 2.24) is 0 Å². The van der Waals surface area contributed by atoms with Gasteiger partial charge in [0.05, 0.1) is 6.42 Å². The van der Waals surface area contributed by atoms with E-state index in [1.165, 1.54) is 0 Å². The molecule has 14 heavy (non-hydrogen) atoms. The van der Waals surface area contributed by atoms with Crippen molar-refractivity contribution in [2.45, 2.75) is 44.2 Å². The quantitative estimate of drug-likeness (QED) is 0.627. The van der Waals surface area contributed by atoms with Crippen LogP contribution in [0.25, 0.3) is 0 Å². The Balaban J connectivity index is 4.49. The molecule has 0 aromatic rings. The lowest BCUT2D eigenvalue weighted by molar-refractivity contribution is -0.195. The molecule has 0 spiro atoms. The topological polar surface area (TPSA) is 0 Å². The minimum absolute atomic E-state index is 0.702. The van der Waals surface area contributed by atoms with Gasteiger partial charge in [-0.1, -0.05) is 6.92 Å². The third-order valence-corrected chi connectivity index (χ3v) is 1.61. The number of hydrogen-bond donors (Lipinski definition) is 0. The molecule has 0 unspecified atom stereocenters. The Bertz CT molecular complexity index is 177. The van der Waals surface area contributed by atoms with Crippen LogP contribution >= 0.6 is 0 Å². The highest BCUT2D eigenvalue weighted by molar-refractivity contribution is 4.84. The van der Waals surface area contributed by atoms with E-state index in [-0.39, 0.29) is 0 Å². The van der Waals surface area contributed by atoms with Gasteiger partial charge < -0.3 is 0 Å². The van der Waals surface area contributed by atoms with Crippen LogP contribution < -0.4 is 0 Å². The van der Waals surface area contributed by atoms with E-state index in [0.717, 1.165) is 6.92 Å². The lowest BCUT2D eigenvalue weighted by Gasteiger charge is -2.24. The SMILES string of the molecule is CC[C@H](F)C(F)(F)CC(F)(F)C(F)F. The molecule has 0 rings (SSSR count). The molecule has 86 valence electrons. The molecule has 0 saturated heterocycles. The van der Waals surface area contributed by atoms with Gasteiger partial charge in [0.1, 0.15) is 0 Å². The van der Waals surface area contributed by atoms with E-state index in [0.29, 0.717) is 0 Å². The fourth-order valence-corrected chi connectivity index (χ4v) is 0.801. The third-order valence-electron chi connectivity index (χ3n) is 1.61. The van der Waals surface area contributed by atoms with Crippen LogP contribution in [0.15, 0.2) is 0 Å². The fraction of sp³-hybridized carbons (Fsp3) is 1.00. The maximum Gasteiger partial charge on any atom is 0.313 e. The summed E-state index contributed by atoms with van der Waals surface area (Å²) in [6.45, 7) is 1.01. The molecule has 1 atom stereocenters. The lowest BCUT2D eigenvalue weighted by Crippen LogP contribution is -2.40. The lowest BCUT2D eigenvalue weighted by atomic mass is 10.0. The summed E-state index contributed by atoms with van der Waals surface area (Å²) in [6.07, 6.45) is -10.2. The van der Waals surface area contributed by atoms with E-state index >= 15 is 0 Å². The van der Waals surface area contributed by atoms with Crippen molar-refractivity contribution < 1.29 is 30.7 Å². The summed E-state index contributed by atoms with van der Waals surface area (Å²) < 4.78 is 84.6. The number of alkyl halides is 7. The fourth-order valence-electron chi connectivity index (χ4n) is 0.801. The Kier molecular flexibility index (Phi) is 4.20. The number of rotatable bonds is 5. The van der Waals surface area contributed by atoms with Crippen LogP contribution in [0.5, 0.6) is 0 Å². The van der Waals surface area contributed by atoms with E-state index in [1.54, 1.807) is 0 Å². The van der Waals surface area contributed by atoms with Crippen molar-refractivity contribution in [3.05, 3.63) is 0 Å². The van der Waals surface area contributed by atoms with Crippen molar-refractivity contribution in [1.29, 1.82) is 0 Å². The Morgan fingerprint density at radius 3 is 1.64 bits per heavy atom. The van der Waals surface area contributed by atoms with Gasteiger partial charge in [-0.25, -0.2) is 30.7 Å². The second-order valence-corrected chi connectivity index (χ2v) is 2.88. The van der Waals surface area contributed by atoms with Crippen molar-refractivity contribution in [2.75, 3.05) is 0 Å². The smallest absolute Gasteiger partial charge is 0.241 e. The highest BCUT2D eigenvalue weighted by atomic mass is 19.3. The third kappa shape index (κ3) is 3.34. The first-order valence-electron chi connectivity index (χ1n) is 3.81. The molecule has 0 aliphatic rings. The molecule has 0 aliphatic heterocycles. The molecule has 0 aromatic carbocycles. The van der Waals surface area contributed by atoms with Gasteiger partial charge in [-0.05, 0) is 6.42 Å². The summed E-state index contributed by atoms with van der Waals surface area (Å²) in [4.78, 5) is 0. The van der Waals surface area contributed by atoms with Gasteiger partial charge in [0.15, 0.2) is 6.17 Å². The van der Waals surface area contributed by atoms with E-state index in [9.17, 15) is 30.7 Å². The second-order valence-electron chi connectivity index (χ2n) is 2.88. The maximum atomic E-state index is 12.5. The molecule has 0 N–H and O–H groups in total. The highest BCUT2D eigenvalue weighted by Gasteiger charge is 2.53. The molecule has 0 fully saturated rings. The Morgan fingerprint density at radius 2 is 1.36 bits per heavy atom. The molecule has 0 heterocycles. The molecular weight excluding hydrogens is 217 g/mol. The van der Waals surface area contributed by atoms with Gasteiger partial charge in [-0.3, -0.25) is 0 Å².